The number of hydrogen-bond donors (Lipinski definition) is 2. The molecule has 0 aromatic rings. The lowest BCUT2D eigenvalue weighted by atomic mass is 10.0. The highest BCUT2D eigenvalue weighted by Gasteiger charge is 2.17. The molecule has 148 valence electrons. The van der Waals surface area contributed by atoms with E-state index in [4.69, 9.17) is 0 Å². The van der Waals surface area contributed by atoms with Crippen LogP contribution in [0.4, 0.5) is 0 Å². The minimum Gasteiger partial charge on any atom is -0.356 e. The molecular weight excluding hydrogens is 338 g/mol. The highest BCUT2D eigenvalue weighted by Crippen LogP contribution is 2.15. The van der Waals surface area contributed by atoms with Crippen LogP contribution in [-0.2, 0) is 10.0 Å². The Bertz CT molecular complexity index is 495. The maximum atomic E-state index is 11.7. The van der Waals surface area contributed by atoms with E-state index in [-0.39, 0.29) is 5.75 Å². The predicted octanol–water partition coefficient (Wildman–Crippen LogP) is 1.09. The predicted molar refractivity (Wildman–Crippen MR) is 106 cm³/mol. The van der Waals surface area contributed by atoms with Crippen molar-refractivity contribution in [1.29, 1.82) is 0 Å². The van der Waals surface area contributed by atoms with Gasteiger partial charge in [0.05, 0.1) is 5.75 Å². The minimum atomic E-state index is -3.08. The van der Waals surface area contributed by atoms with Crippen molar-refractivity contribution in [1.82, 2.24) is 19.8 Å². The van der Waals surface area contributed by atoms with Gasteiger partial charge in [0.25, 0.3) is 0 Å². The summed E-state index contributed by atoms with van der Waals surface area (Å²) in [5.74, 6) is 0.934. The number of sulfonamides is 1. The Labute approximate surface area is 154 Å². The molecule has 1 unspecified atom stereocenters. The number of likely N-dealkylation sites (tertiary alicyclic amines) is 1. The fourth-order valence-electron chi connectivity index (χ4n) is 3.07. The second-order valence-corrected chi connectivity index (χ2v) is 9.10. The smallest absolute Gasteiger partial charge is 0.213 e. The Kier molecular flexibility index (Phi) is 10.4. The lowest BCUT2D eigenvalue weighted by Crippen LogP contribution is -2.42. The summed E-state index contributed by atoms with van der Waals surface area (Å²) in [4.78, 5) is 6.79. The van der Waals surface area contributed by atoms with Gasteiger partial charge in [0.15, 0.2) is 5.96 Å². The topological polar surface area (TPSA) is 77.0 Å². The third-order valence-corrected chi connectivity index (χ3v) is 6.72. The molecule has 0 aromatic carbocycles. The lowest BCUT2D eigenvalue weighted by molar-refractivity contribution is 0.159. The largest absolute Gasteiger partial charge is 0.356 e. The summed E-state index contributed by atoms with van der Waals surface area (Å²) in [6.07, 6.45) is 5.85. The van der Waals surface area contributed by atoms with Crippen LogP contribution < -0.4 is 10.6 Å². The Balaban J connectivity index is 2.14. The van der Waals surface area contributed by atoms with Crippen LogP contribution in [0.5, 0.6) is 0 Å². The van der Waals surface area contributed by atoms with E-state index in [2.05, 4.69) is 27.4 Å². The standard InChI is InChI=1S/C17H37N5O2S/c1-5-25(23,24)21(4)13-8-11-19-17(18-3)20-12-9-15-22-14-7-6-10-16(22)2/h16H,5-15H2,1-4H3,(H2,18,19,20). The van der Waals surface area contributed by atoms with Gasteiger partial charge in [0.1, 0.15) is 0 Å². The van der Waals surface area contributed by atoms with Crippen molar-refractivity contribution < 1.29 is 8.42 Å². The quantitative estimate of drug-likeness (QED) is 0.340. The normalized spacial score (nSPS) is 20.0. The third-order valence-electron chi connectivity index (χ3n) is 4.86. The first-order chi connectivity index (χ1) is 11.9. The zero-order valence-corrected chi connectivity index (χ0v) is 17.2. The SMILES string of the molecule is CCS(=O)(=O)N(C)CCCNC(=NC)NCCCN1CCCCC1C. The van der Waals surface area contributed by atoms with Gasteiger partial charge in [-0.2, -0.15) is 0 Å². The van der Waals surface area contributed by atoms with Crippen LogP contribution in [0, 0.1) is 0 Å². The summed E-state index contributed by atoms with van der Waals surface area (Å²) >= 11 is 0. The van der Waals surface area contributed by atoms with Gasteiger partial charge in [-0.25, -0.2) is 12.7 Å². The lowest BCUT2D eigenvalue weighted by Gasteiger charge is -2.33. The van der Waals surface area contributed by atoms with Crippen LogP contribution in [0.25, 0.3) is 0 Å². The molecule has 0 aliphatic carbocycles. The summed E-state index contributed by atoms with van der Waals surface area (Å²) in [6.45, 7) is 8.46. The number of guanidine groups is 1. The average Bonchev–Trinajstić information content (AvgIpc) is 2.61. The Morgan fingerprint density at radius 3 is 2.52 bits per heavy atom. The molecule has 2 N–H and O–H groups in total. The van der Waals surface area contributed by atoms with E-state index in [1.165, 1.54) is 30.1 Å². The number of hydrogen-bond acceptors (Lipinski definition) is 4. The Morgan fingerprint density at radius 1 is 1.24 bits per heavy atom. The van der Waals surface area contributed by atoms with E-state index in [1.807, 2.05) is 0 Å². The van der Waals surface area contributed by atoms with Crippen molar-refractivity contribution in [2.24, 2.45) is 4.99 Å². The van der Waals surface area contributed by atoms with E-state index < -0.39 is 10.0 Å². The molecule has 0 amide bonds. The number of piperidine rings is 1. The highest BCUT2D eigenvalue weighted by molar-refractivity contribution is 7.89. The molecule has 1 aliphatic rings. The van der Waals surface area contributed by atoms with E-state index in [1.54, 1.807) is 21.0 Å². The van der Waals surface area contributed by atoms with Crippen molar-refractivity contribution in [2.45, 2.75) is 52.0 Å². The van der Waals surface area contributed by atoms with Gasteiger partial charge in [0.2, 0.25) is 10.0 Å². The van der Waals surface area contributed by atoms with Crippen molar-refractivity contribution in [3.05, 3.63) is 0 Å². The maximum absolute atomic E-state index is 11.7. The fraction of sp³-hybridized carbons (Fsp3) is 0.941. The minimum absolute atomic E-state index is 0.149. The molecule has 25 heavy (non-hydrogen) atoms. The second kappa shape index (κ2) is 11.7. The second-order valence-electron chi connectivity index (χ2n) is 6.74. The first-order valence-corrected chi connectivity index (χ1v) is 11.1. The molecule has 1 saturated heterocycles. The van der Waals surface area contributed by atoms with Gasteiger partial charge in [-0.15, -0.1) is 0 Å². The number of rotatable bonds is 10. The Hall–Kier alpha value is -0.860. The summed E-state index contributed by atoms with van der Waals surface area (Å²) in [7, 11) is 0.310. The average molecular weight is 376 g/mol. The Morgan fingerprint density at radius 2 is 1.92 bits per heavy atom. The van der Waals surface area contributed by atoms with Gasteiger partial charge < -0.3 is 15.5 Å². The van der Waals surface area contributed by atoms with Gasteiger partial charge in [-0.3, -0.25) is 4.99 Å². The summed E-state index contributed by atoms with van der Waals surface area (Å²) in [5.41, 5.74) is 0. The van der Waals surface area contributed by atoms with Crippen LogP contribution in [0.3, 0.4) is 0 Å². The summed E-state index contributed by atoms with van der Waals surface area (Å²) < 4.78 is 24.8. The molecule has 0 aromatic heterocycles. The fourth-order valence-corrected chi connectivity index (χ4v) is 3.92. The first kappa shape index (κ1) is 22.2. The van der Waals surface area contributed by atoms with Gasteiger partial charge in [0, 0.05) is 46.3 Å². The van der Waals surface area contributed by atoms with Gasteiger partial charge in [-0.1, -0.05) is 6.42 Å². The van der Waals surface area contributed by atoms with Crippen molar-refractivity contribution >= 4 is 16.0 Å². The zero-order chi connectivity index (χ0) is 18.7. The molecule has 1 aliphatic heterocycles. The number of nitrogens with zero attached hydrogens (tertiary/aromatic N) is 3. The molecule has 0 radical (unpaired) electrons. The van der Waals surface area contributed by atoms with Crippen molar-refractivity contribution in [3.8, 4) is 0 Å². The molecule has 0 bridgehead atoms. The molecule has 1 rings (SSSR count). The van der Waals surface area contributed by atoms with Crippen molar-refractivity contribution in [2.75, 3.05) is 52.6 Å². The van der Waals surface area contributed by atoms with E-state index >= 15 is 0 Å². The van der Waals surface area contributed by atoms with Gasteiger partial charge >= 0.3 is 0 Å². The zero-order valence-electron chi connectivity index (χ0n) is 16.4. The summed E-state index contributed by atoms with van der Waals surface area (Å²) in [5, 5.41) is 6.58. The van der Waals surface area contributed by atoms with Crippen LogP contribution in [-0.4, -0.2) is 82.2 Å². The van der Waals surface area contributed by atoms with E-state index in [0.29, 0.717) is 19.1 Å². The molecule has 1 fully saturated rings. The van der Waals surface area contributed by atoms with Crippen LogP contribution in [0.15, 0.2) is 4.99 Å². The molecule has 1 heterocycles. The molecule has 8 heteroatoms. The number of nitrogens with one attached hydrogen (secondary N) is 2. The molecule has 0 saturated carbocycles. The van der Waals surface area contributed by atoms with Crippen LogP contribution in [0.1, 0.15) is 46.0 Å². The van der Waals surface area contributed by atoms with Crippen LogP contribution >= 0.6 is 0 Å². The molecule has 0 spiro atoms. The van der Waals surface area contributed by atoms with Gasteiger partial charge in [-0.05, 0) is 46.1 Å². The monoisotopic (exact) mass is 375 g/mol. The number of aliphatic imine (C=N–C) groups is 1. The van der Waals surface area contributed by atoms with Crippen LogP contribution in [0.2, 0.25) is 0 Å². The van der Waals surface area contributed by atoms with Crippen molar-refractivity contribution in [3.63, 3.8) is 0 Å². The summed E-state index contributed by atoms with van der Waals surface area (Å²) in [6, 6.07) is 0.711. The van der Waals surface area contributed by atoms with E-state index in [9.17, 15) is 8.42 Å². The third kappa shape index (κ3) is 8.37. The first-order valence-electron chi connectivity index (χ1n) is 9.53. The van der Waals surface area contributed by atoms with E-state index in [0.717, 1.165) is 31.9 Å². The molecule has 7 nitrogen and oxygen atoms in total. The molecule has 1 atom stereocenters. The molecular formula is C17H37N5O2S. The maximum Gasteiger partial charge on any atom is 0.213 e. The highest BCUT2D eigenvalue weighted by atomic mass is 32.2.